The van der Waals surface area contributed by atoms with Crippen molar-refractivity contribution in [3.63, 3.8) is 0 Å². The maximum Gasteiger partial charge on any atom is 0.411 e. The molecule has 5 nitrogen and oxygen atoms in total. The molecule has 1 unspecified atom stereocenters. The fourth-order valence-corrected chi connectivity index (χ4v) is 2.04. The Kier molecular flexibility index (Phi) is 5.84. The van der Waals surface area contributed by atoms with Crippen LogP contribution in [0.3, 0.4) is 0 Å². The van der Waals surface area contributed by atoms with E-state index in [4.69, 9.17) is 16.1 Å². The van der Waals surface area contributed by atoms with Crippen LogP contribution in [0, 0.1) is 0 Å². The van der Waals surface area contributed by atoms with Gasteiger partial charge in [-0.3, -0.25) is 4.79 Å². The van der Waals surface area contributed by atoms with Crippen LogP contribution in [0.2, 0.25) is 5.02 Å². The Hall–Kier alpha value is -2.06. The molecular formula is C15H14ClF3N2O3. The van der Waals surface area contributed by atoms with E-state index in [-0.39, 0.29) is 12.3 Å². The number of rotatable bonds is 6. The summed E-state index contributed by atoms with van der Waals surface area (Å²) in [6, 6.07) is 7.60. The number of amides is 1. The van der Waals surface area contributed by atoms with E-state index in [1.807, 2.05) is 0 Å². The second-order valence-electron chi connectivity index (χ2n) is 5.09. The van der Waals surface area contributed by atoms with Gasteiger partial charge in [0.2, 0.25) is 0 Å². The Labute approximate surface area is 140 Å². The minimum Gasteiger partial charge on any atom is -0.370 e. The molecule has 2 aromatic rings. The van der Waals surface area contributed by atoms with Gasteiger partial charge in [-0.15, -0.1) is 0 Å². The number of carbonyl (C=O) groups excluding carboxylic acids is 1. The highest BCUT2D eigenvalue weighted by molar-refractivity contribution is 6.30. The zero-order chi connectivity index (χ0) is 17.7. The van der Waals surface area contributed by atoms with Crippen molar-refractivity contribution in [1.29, 1.82) is 0 Å². The van der Waals surface area contributed by atoms with Crippen molar-refractivity contribution in [2.75, 3.05) is 13.2 Å². The van der Waals surface area contributed by atoms with Gasteiger partial charge < -0.3 is 14.6 Å². The first-order valence-corrected chi connectivity index (χ1v) is 7.30. The van der Waals surface area contributed by atoms with Crippen molar-refractivity contribution >= 4 is 17.5 Å². The molecule has 1 N–H and O–H groups in total. The van der Waals surface area contributed by atoms with Crippen LogP contribution in [0.4, 0.5) is 13.2 Å². The maximum absolute atomic E-state index is 12.0. The largest absolute Gasteiger partial charge is 0.411 e. The summed E-state index contributed by atoms with van der Waals surface area (Å²) in [6.07, 6.45) is -4.40. The molecule has 2 rings (SSSR count). The number of carbonyl (C=O) groups is 1. The summed E-state index contributed by atoms with van der Waals surface area (Å²) in [5, 5.41) is 6.63. The summed E-state index contributed by atoms with van der Waals surface area (Å²) >= 11 is 5.88. The van der Waals surface area contributed by atoms with E-state index >= 15 is 0 Å². The Morgan fingerprint density at radius 3 is 2.83 bits per heavy atom. The van der Waals surface area contributed by atoms with Crippen LogP contribution in [0.25, 0.3) is 11.3 Å². The van der Waals surface area contributed by atoms with E-state index in [0.717, 1.165) is 0 Å². The highest BCUT2D eigenvalue weighted by Crippen LogP contribution is 2.23. The standard InChI is InChI=1S/C15H14ClF3N2O3/c1-9(7-23-8-15(17,18)19)20-14(22)12-6-13(24-21-12)10-3-2-4-11(16)5-10/h2-6,9H,7-8H2,1H3,(H,20,22). The topological polar surface area (TPSA) is 64.4 Å². The molecule has 0 saturated heterocycles. The van der Waals surface area contributed by atoms with Crippen LogP contribution in [-0.2, 0) is 4.74 Å². The van der Waals surface area contributed by atoms with E-state index in [2.05, 4.69) is 15.2 Å². The molecule has 0 spiro atoms. The number of aromatic nitrogens is 1. The minimum absolute atomic E-state index is 0.00708. The highest BCUT2D eigenvalue weighted by atomic mass is 35.5. The van der Waals surface area contributed by atoms with Gasteiger partial charge >= 0.3 is 6.18 Å². The highest BCUT2D eigenvalue weighted by Gasteiger charge is 2.27. The fraction of sp³-hybridized carbons (Fsp3) is 0.333. The number of benzene rings is 1. The van der Waals surface area contributed by atoms with Gasteiger partial charge in [0.25, 0.3) is 5.91 Å². The zero-order valence-electron chi connectivity index (χ0n) is 12.6. The summed E-state index contributed by atoms with van der Waals surface area (Å²) in [7, 11) is 0. The molecule has 130 valence electrons. The van der Waals surface area contributed by atoms with Crippen molar-refractivity contribution in [3.8, 4) is 11.3 Å². The van der Waals surface area contributed by atoms with Gasteiger partial charge in [-0.05, 0) is 19.1 Å². The molecule has 1 amide bonds. The SMILES string of the molecule is CC(COCC(F)(F)F)NC(=O)c1cc(-c2cccc(Cl)c2)on1. The molecule has 0 aliphatic rings. The lowest BCUT2D eigenvalue weighted by atomic mass is 10.1. The van der Waals surface area contributed by atoms with Crippen LogP contribution >= 0.6 is 11.6 Å². The molecule has 24 heavy (non-hydrogen) atoms. The van der Waals surface area contributed by atoms with Crippen molar-refractivity contribution in [2.45, 2.75) is 19.1 Å². The van der Waals surface area contributed by atoms with E-state index in [9.17, 15) is 18.0 Å². The maximum atomic E-state index is 12.0. The Morgan fingerprint density at radius 2 is 2.17 bits per heavy atom. The quantitative estimate of drug-likeness (QED) is 0.851. The lowest BCUT2D eigenvalue weighted by molar-refractivity contribution is -0.174. The van der Waals surface area contributed by atoms with Gasteiger partial charge in [0.1, 0.15) is 6.61 Å². The number of nitrogens with one attached hydrogen (secondary N) is 1. The molecule has 0 saturated carbocycles. The lowest BCUT2D eigenvalue weighted by Crippen LogP contribution is -2.37. The second-order valence-corrected chi connectivity index (χ2v) is 5.53. The molecule has 0 bridgehead atoms. The second kappa shape index (κ2) is 7.67. The summed E-state index contributed by atoms with van der Waals surface area (Å²) in [5.41, 5.74) is 0.656. The summed E-state index contributed by atoms with van der Waals surface area (Å²) in [5.74, 6) is -0.223. The summed E-state index contributed by atoms with van der Waals surface area (Å²) < 4.78 is 45.5. The molecule has 1 aromatic heterocycles. The van der Waals surface area contributed by atoms with E-state index in [0.29, 0.717) is 16.3 Å². The smallest absolute Gasteiger partial charge is 0.370 e. The van der Waals surface area contributed by atoms with Crippen molar-refractivity contribution in [1.82, 2.24) is 10.5 Å². The van der Waals surface area contributed by atoms with Crippen LogP contribution in [0.15, 0.2) is 34.9 Å². The third kappa shape index (κ3) is 5.54. The van der Waals surface area contributed by atoms with Crippen LogP contribution < -0.4 is 5.32 Å². The number of alkyl halides is 3. The molecule has 0 radical (unpaired) electrons. The van der Waals surface area contributed by atoms with Gasteiger partial charge in [-0.25, -0.2) is 0 Å². The molecule has 0 aliphatic heterocycles. The van der Waals surface area contributed by atoms with Gasteiger partial charge in [-0.1, -0.05) is 28.9 Å². The van der Waals surface area contributed by atoms with Crippen molar-refractivity contribution < 1.29 is 27.2 Å². The number of nitrogens with zero attached hydrogens (tertiary/aromatic N) is 1. The fourth-order valence-electron chi connectivity index (χ4n) is 1.85. The molecule has 0 aliphatic carbocycles. The van der Waals surface area contributed by atoms with Crippen molar-refractivity contribution in [3.05, 3.63) is 41.0 Å². The van der Waals surface area contributed by atoms with Gasteiger partial charge in [0.05, 0.1) is 6.61 Å². The Bertz CT molecular complexity index is 703. The van der Waals surface area contributed by atoms with Crippen LogP contribution in [0.5, 0.6) is 0 Å². The number of halogens is 4. The van der Waals surface area contributed by atoms with Gasteiger partial charge in [-0.2, -0.15) is 13.2 Å². The average Bonchev–Trinajstić information content (AvgIpc) is 2.95. The third-order valence-corrected chi connectivity index (χ3v) is 3.10. The monoisotopic (exact) mass is 362 g/mol. The molecule has 1 aromatic carbocycles. The summed E-state index contributed by atoms with van der Waals surface area (Å²) in [4.78, 5) is 12.0. The molecule has 1 heterocycles. The minimum atomic E-state index is -4.40. The molecular weight excluding hydrogens is 349 g/mol. The van der Waals surface area contributed by atoms with Gasteiger partial charge in [0, 0.05) is 22.7 Å². The predicted octanol–water partition coefficient (Wildman–Crippen LogP) is 3.69. The summed E-state index contributed by atoms with van der Waals surface area (Å²) in [6.45, 7) is -0.118. The third-order valence-electron chi connectivity index (χ3n) is 2.86. The predicted molar refractivity (Wildman–Crippen MR) is 80.8 cm³/mol. The van der Waals surface area contributed by atoms with E-state index in [1.54, 1.807) is 24.3 Å². The number of hydrogen-bond donors (Lipinski definition) is 1. The zero-order valence-corrected chi connectivity index (χ0v) is 13.3. The van der Waals surface area contributed by atoms with Crippen LogP contribution in [0.1, 0.15) is 17.4 Å². The molecule has 0 fully saturated rings. The van der Waals surface area contributed by atoms with E-state index in [1.165, 1.54) is 13.0 Å². The molecule has 1 atom stereocenters. The number of ether oxygens (including phenoxy) is 1. The Balaban J connectivity index is 1.91. The first kappa shape index (κ1) is 18.3. The molecule has 9 heteroatoms. The first-order chi connectivity index (χ1) is 11.2. The number of hydrogen-bond acceptors (Lipinski definition) is 4. The van der Waals surface area contributed by atoms with Crippen LogP contribution in [-0.4, -0.2) is 36.5 Å². The van der Waals surface area contributed by atoms with Gasteiger partial charge in [0.15, 0.2) is 11.5 Å². The van der Waals surface area contributed by atoms with E-state index < -0.39 is 24.7 Å². The first-order valence-electron chi connectivity index (χ1n) is 6.92. The van der Waals surface area contributed by atoms with Crippen molar-refractivity contribution in [2.24, 2.45) is 0 Å². The Morgan fingerprint density at radius 1 is 1.42 bits per heavy atom. The lowest BCUT2D eigenvalue weighted by Gasteiger charge is -2.14. The average molecular weight is 363 g/mol. The normalized spacial score (nSPS) is 12.9.